The van der Waals surface area contributed by atoms with Gasteiger partial charge in [0.2, 0.25) is 0 Å². The molecule has 1 aliphatic heterocycles. The Hall–Kier alpha value is -4.06. The van der Waals surface area contributed by atoms with Gasteiger partial charge in [0.1, 0.15) is 17.3 Å². The van der Waals surface area contributed by atoms with Gasteiger partial charge in [0.15, 0.2) is 0 Å². The number of aliphatic hydroxyl groups excluding tert-OH is 1. The van der Waals surface area contributed by atoms with Crippen molar-refractivity contribution >= 4 is 23.1 Å². The number of Topliss-reactive ketones (excluding diaryl/α,β-unsaturated/α-hetero) is 1. The summed E-state index contributed by atoms with van der Waals surface area (Å²) in [6.07, 6.45) is 0. The summed E-state index contributed by atoms with van der Waals surface area (Å²) >= 11 is 0. The van der Waals surface area contributed by atoms with Crippen LogP contribution in [-0.2, 0) is 9.59 Å². The standard InChI is InChI=1S/C29H29NO5/c1-6-35-22-12-10-21(11-13-22)30-25(20-9-7-8-17(2)15-20)24(27(32)29(30)33)26(31)23-16-18(3)14-19(4)28(23)34-5/h7-16,25,31H,6H2,1-5H3/b26-24+. The lowest BCUT2D eigenvalue weighted by Gasteiger charge is -2.26. The van der Waals surface area contributed by atoms with Gasteiger partial charge in [-0.15, -0.1) is 0 Å². The Morgan fingerprint density at radius 3 is 2.31 bits per heavy atom. The van der Waals surface area contributed by atoms with Crippen molar-refractivity contribution in [3.63, 3.8) is 0 Å². The van der Waals surface area contributed by atoms with Crippen LogP contribution in [0.4, 0.5) is 5.69 Å². The van der Waals surface area contributed by atoms with Crippen LogP contribution in [-0.4, -0.2) is 30.5 Å². The van der Waals surface area contributed by atoms with Crippen LogP contribution in [0.3, 0.4) is 0 Å². The summed E-state index contributed by atoms with van der Waals surface area (Å²) in [4.78, 5) is 28.3. The van der Waals surface area contributed by atoms with E-state index in [1.807, 2.05) is 58.0 Å². The highest BCUT2D eigenvalue weighted by atomic mass is 16.5. The van der Waals surface area contributed by atoms with Crippen LogP contribution < -0.4 is 14.4 Å². The van der Waals surface area contributed by atoms with Gasteiger partial charge in [0, 0.05) is 5.69 Å². The fraction of sp³-hybridized carbons (Fsp3) is 0.241. The lowest BCUT2D eigenvalue weighted by Crippen LogP contribution is -2.29. The number of ketones is 1. The number of carbonyl (C=O) groups is 2. The van der Waals surface area contributed by atoms with Crippen molar-refractivity contribution in [1.82, 2.24) is 0 Å². The maximum atomic E-state index is 13.4. The van der Waals surface area contributed by atoms with E-state index in [0.29, 0.717) is 29.4 Å². The number of aryl methyl sites for hydroxylation is 3. The summed E-state index contributed by atoms with van der Waals surface area (Å²) in [7, 11) is 1.52. The van der Waals surface area contributed by atoms with Crippen molar-refractivity contribution < 1.29 is 24.2 Å². The van der Waals surface area contributed by atoms with Crippen LogP contribution in [0, 0.1) is 20.8 Å². The van der Waals surface area contributed by atoms with Crippen molar-refractivity contribution in [3.8, 4) is 11.5 Å². The molecule has 0 aromatic heterocycles. The number of ether oxygens (including phenoxy) is 2. The molecule has 6 nitrogen and oxygen atoms in total. The van der Waals surface area contributed by atoms with Gasteiger partial charge in [-0.05, 0) is 74.7 Å². The van der Waals surface area contributed by atoms with Gasteiger partial charge in [-0.3, -0.25) is 14.5 Å². The maximum Gasteiger partial charge on any atom is 0.300 e. The smallest absolute Gasteiger partial charge is 0.300 e. The van der Waals surface area contributed by atoms with Crippen molar-refractivity contribution in [2.24, 2.45) is 0 Å². The first-order chi connectivity index (χ1) is 16.8. The van der Waals surface area contributed by atoms with Crippen molar-refractivity contribution in [2.75, 3.05) is 18.6 Å². The molecule has 0 aliphatic carbocycles. The van der Waals surface area contributed by atoms with E-state index in [9.17, 15) is 14.7 Å². The van der Waals surface area contributed by atoms with Gasteiger partial charge in [0.25, 0.3) is 11.7 Å². The second-order valence-corrected chi connectivity index (χ2v) is 8.67. The Kier molecular flexibility index (Phi) is 6.65. The molecule has 0 spiro atoms. The normalized spacial score (nSPS) is 17.1. The topological polar surface area (TPSA) is 76.1 Å². The maximum absolute atomic E-state index is 13.4. The average molecular weight is 472 g/mol. The SMILES string of the molecule is CCOc1ccc(N2C(=O)C(=O)/C(=C(/O)c3cc(C)cc(C)c3OC)C2c2cccc(C)c2)cc1. The Morgan fingerprint density at radius 2 is 1.69 bits per heavy atom. The molecule has 6 heteroatoms. The van der Waals surface area contributed by atoms with Gasteiger partial charge in [-0.25, -0.2) is 0 Å². The third kappa shape index (κ3) is 4.39. The fourth-order valence-corrected chi connectivity index (χ4v) is 4.67. The quantitative estimate of drug-likeness (QED) is 0.286. The summed E-state index contributed by atoms with van der Waals surface area (Å²) in [5.41, 5.74) is 4.37. The zero-order valence-corrected chi connectivity index (χ0v) is 20.6. The molecule has 4 rings (SSSR count). The monoisotopic (exact) mass is 471 g/mol. The lowest BCUT2D eigenvalue weighted by atomic mass is 9.93. The van der Waals surface area contributed by atoms with Crippen LogP contribution in [0.5, 0.6) is 11.5 Å². The number of benzene rings is 3. The molecule has 3 aromatic rings. The van der Waals surface area contributed by atoms with E-state index >= 15 is 0 Å². The molecule has 0 bridgehead atoms. The zero-order valence-electron chi connectivity index (χ0n) is 20.6. The molecule has 1 fully saturated rings. The molecule has 1 N–H and O–H groups in total. The van der Waals surface area contributed by atoms with Crippen LogP contribution >= 0.6 is 0 Å². The second kappa shape index (κ2) is 9.66. The number of nitrogens with zero attached hydrogens (tertiary/aromatic N) is 1. The highest BCUT2D eigenvalue weighted by Gasteiger charge is 2.47. The number of carbonyl (C=O) groups excluding carboxylic acids is 2. The molecule has 0 radical (unpaired) electrons. The number of anilines is 1. The number of amides is 1. The van der Waals surface area contributed by atoms with E-state index in [2.05, 4.69) is 0 Å². The van der Waals surface area contributed by atoms with Crippen molar-refractivity contribution in [2.45, 2.75) is 33.7 Å². The molecule has 1 unspecified atom stereocenters. The van der Waals surface area contributed by atoms with E-state index in [-0.39, 0.29) is 11.3 Å². The predicted octanol–water partition coefficient (Wildman–Crippen LogP) is 5.65. The van der Waals surface area contributed by atoms with E-state index in [1.54, 1.807) is 30.3 Å². The molecular weight excluding hydrogens is 442 g/mol. The fourth-order valence-electron chi connectivity index (χ4n) is 4.67. The first-order valence-electron chi connectivity index (χ1n) is 11.5. The molecule has 3 aromatic carbocycles. The third-order valence-electron chi connectivity index (χ3n) is 6.11. The Balaban J connectivity index is 1.96. The molecule has 1 amide bonds. The minimum Gasteiger partial charge on any atom is -0.507 e. The summed E-state index contributed by atoms with van der Waals surface area (Å²) in [5.74, 6) is -0.579. The predicted molar refractivity (Wildman–Crippen MR) is 136 cm³/mol. The number of aliphatic hydroxyl groups is 1. The Morgan fingerprint density at radius 1 is 0.971 bits per heavy atom. The minimum absolute atomic E-state index is 0.0257. The van der Waals surface area contributed by atoms with Crippen molar-refractivity contribution in [1.29, 1.82) is 0 Å². The van der Waals surface area contributed by atoms with Crippen LogP contribution in [0.25, 0.3) is 5.76 Å². The number of hydrogen-bond acceptors (Lipinski definition) is 5. The first kappa shape index (κ1) is 24.1. The number of rotatable bonds is 6. The van der Waals surface area contributed by atoms with Gasteiger partial charge >= 0.3 is 0 Å². The van der Waals surface area contributed by atoms with Gasteiger partial charge in [-0.1, -0.05) is 35.9 Å². The van der Waals surface area contributed by atoms with Gasteiger partial charge in [-0.2, -0.15) is 0 Å². The highest BCUT2D eigenvalue weighted by Crippen LogP contribution is 2.44. The molecule has 1 atom stereocenters. The summed E-state index contributed by atoms with van der Waals surface area (Å²) in [6.45, 7) is 8.13. The lowest BCUT2D eigenvalue weighted by molar-refractivity contribution is -0.132. The largest absolute Gasteiger partial charge is 0.507 e. The number of hydrogen-bond donors (Lipinski definition) is 1. The summed E-state index contributed by atoms with van der Waals surface area (Å²) < 4.78 is 11.1. The third-order valence-corrected chi connectivity index (χ3v) is 6.11. The molecular formula is C29H29NO5. The zero-order chi connectivity index (χ0) is 25.3. The van der Waals surface area contributed by atoms with Crippen LogP contribution in [0.2, 0.25) is 0 Å². The van der Waals surface area contributed by atoms with Gasteiger partial charge < -0.3 is 14.6 Å². The van der Waals surface area contributed by atoms with E-state index < -0.39 is 17.7 Å². The van der Waals surface area contributed by atoms with E-state index in [1.165, 1.54) is 12.0 Å². The summed E-state index contributed by atoms with van der Waals surface area (Å²) in [6, 6.07) is 17.5. The molecule has 1 heterocycles. The number of methoxy groups -OCH3 is 1. The molecule has 180 valence electrons. The Labute approximate surface area is 205 Å². The Bertz CT molecular complexity index is 1320. The molecule has 1 aliphatic rings. The van der Waals surface area contributed by atoms with E-state index in [0.717, 1.165) is 22.3 Å². The summed E-state index contributed by atoms with van der Waals surface area (Å²) in [5, 5.41) is 11.5. The van der Waals surface area contributed by atoms with Crippen molar-refractivity contribution in [3.05, 3.63) is 94.1 Å². The molecule has 1 saturated heterocycles. The average Bonchev–Trinajstić information content (AvgIpc) is 3.09. The molecule has 35 heavy (non-hydrogen) atoms. The van der Waals surface area contributed by atoms with Crippen LogP contribution in [0.1, 0.15) is 40.8 Å². The minimum atomic E-state index is -0.807. The van der Waals surface area contributed by atoms with E-state index in [4.69, 9.17) is 9.47 Å². The first-order valence-corrected chi connectivity index (χ1v) is 11.5. The van der Waals surface area contributed by atoms with Gasteiger partial charge in [0.05, 0.1) is 30.9 Å². The highest BCUT2D eigenvalue weighted by molar-refractivity contribution is 6.51. The molecule has 0 saturated carbocycles. The second-order valence-electron chi connectivity index (χ2n) is 8.67. The van der Waals surface area contributed by atoms with Crippen LogP contribution in [0.15, 0.2) is 66.2 Å².